The molecule has 0 spiro atoms. The lowest BCUT2D eigenvalue weighted by molar-refractivity contribution is -0.849. The van der Waals surface area contributed by atoms with E-state index in [1.807, 2.05) is 0 Å². The summed E-state index contributed by atoms with van der Waals surface area (Å²) < 4.78 is 1.00. The van der Waals surface area contributed by atoms with Gasteiger partial charge in [-0.25, -0.2) is 0 Å². The van der Waals surface area contributed by atoms with Crippen LogP contribution in [0.5, 0.6) is 0 Å². The molecule has 6 nitrogen and oxygen atoms in total. The van der Waals surface area contributed by atoms with E-state index < -0.39 is 5.97 Å². The van der Waals surface area contributed by atoms with E-state index in [0.717, 1.165) is 4.48 Å². The lowest BCUT2D eigenvalue weighted by atomic mass is 10.6. The van der Waals surface area contributed by atoms with Gasteiger partial charge in [0.2, 0.25) is 0 Å². The van der Waals surface area contributed by atoms with E-state index >= 15 is 0 Å². The van der Waals surface area contributed by atoms with Gasteiger partial charge in [0.25, 0.3) is 0 Å². The highest BCUT2D eigenvalue weighted by Gasteiger charge is 1.92. The molecule has 0 aliphatic heterocycles. The quantitative estimate of drug-likeness (QED) is 0.252. The minimum atomic E-state index is -1.03. The third-order valence-electron chi connectivity index (χ3n) is 0.430. The van der Waals surface area contributed by atoms with E-state index in [0.29, 0.717) is 0 Å². The number of hydrogen-bond donors (Lipinski definition) is 4. The molecule has 0 aromatic heterocycles. The minimum Gasteiger partial charge on any atom is -0.480 e. The second-order valence-corrected chi connectivity index (χ2v) is 3.84. The Morgan fingerprint density at radius 2 is 1.77 bits per heavy atom. The van der Waals surface area contributed by atoms with Crippen LogP contribution in [0.25, 0.3) is 0 Å². The number of nitrogens with one attached hydrogen (secondary N) is 2. The molecule has 0 aromatic rings. The van der Waals surface area contributed by atoms with Crippen molar-refractivity contribution in [2.45, 2.75) is 0 Å². The molecule has 0 aliphatic carbocycles. The zero-order chi connectivity index (χ0) is 11.1. The number of nitrogens with zero attached hydrogens (tertiary/aromatic N) is 1. The molecule has 0 unspecified atom stereocenters. The SMILES string of the molecule is C[N+](C)(C)C.N=C(N)NCC(=O)O. The first-order valence-corrected chi connectivity index (χ1v) is 3.71. The van der Waals surface area contributed by atoms with Gasteiger partial charge in [-0.15, -0.1) is 0 Å². The summed E-state index contributed by atoms with van der Waals surface area (Å²) in [5, 5.41) is 16.5. The zero-order valence-electron chi connectivity index (χ0n) is 8.59. The Bertz CT molecular complexity index is 154. The summed E-state index contributed by atoms with van der Waals surface area (Å²) in [5.41, 5.74) is 4.75. The van der Waals surface area contributed by atoms with Crippen LogP contribution >= 0.6 is 0 Å². The summed E-state index contributed by atoms with van der Waals surface area (Å²) >= 11 is 0. The normalized spacial score (nSPS) is 9.54. The lowest BCUT2D eigenvalue weighted by Crippen LogP contribution is -2.34. The highest BCUT2D eigenvalue weighted by atomic mass is 16.4. The predicted molar refractivity (Wildman–Crippen MR) is 51.5 cm³/mol. The van der Waals surface area contributed by atoms with Gasteiger partial charge in [-0.05, 0) is 0 Å². The maximum Gasteiger partial charge on any atom is 0.322 e. The molecule has 0 saturated carbocycles. The van der Waals surface area contributed by atoms with Crippen LogP contribution in [0.1, 0.15) is 0 Å². The monoisotopic (exact) mass is 191 g/mol. The molecule has 0 fully saturated rings. The molecular formula is C7H19N4O2+. The third kappa shape index (κ3) is 59.2. The Morgan fingerprint density at radius 3 is 1.85 bits per heavy atom. The van der Waals surface area contributed by atoms with E-state index in [1.54, 1.807) is 0 Å². The first-order valence-electron chi connectivity index (χ1n) is 3.71. The summed E-state index contributed by atoms with van der Waals surface area (Å²) in [6.45, 7) is -0.296. The van der Waals surface area contributed by atoms with Gasteiger partial charge in [0.15, 0.2) is 5.96 Å². The van der Waals surface area contributed by atoms with E-state index in [2.05, 4.69) is 33.5 Å². The standard InChI is InChI=1S/C4H12N.C3H7N3O2/c1-5(2,3)4;4-3(5)6-1-2(7)8/h1-4H3;1H2,(H,7,8)(H4,4,5,6)/q+1;. The van der Waals surface area contributed by atoms with Crippen LogP contribution in [0, 0.1) is 5.41 Å². The smallest absolute Gasteiger partial charge is 0.322 e. The van der Waals surface area contributed by atoms with Gasteiger partial charge < -0.3 is 20.6 Å². The fourth-order valence-electron chi connectivity index (χ4n) is 0.171. The van der Waals surface area contributed by atoms with Gasteiger partial charge >= 0.3 is 5.97 Å². The number of guanidine groups is 1. The Kier molecular flexibility index (Phi) is 6.84. The van der Waals surface area contributed by atoms with E-state index in [9.17, 15) is 4.79 Å². The van der Waals surface area contributed by atoms with Crippen molar-refractivity contribution in [2.75, 3.05) is 34.7 Å². The second-order valence-electron chi connectivity index (χ2n) is 3.84. The number of carboxylic acids is 1. The van der Waals surface area contributed by atoms with Crippen molar-refractivity contribution in [1.82, 2.24) is 5.32 Å². The maximum absolute atomic E-state index is 9.69. The predicted octanol–water partition coefficient (Wildman–Crippen LogP) is -1.12. The molecular weight excluding hydrogens is 172 g/mol. The molecule has 0 amide bonds. The molecule has 0 aliphatic rings. The molecule has 0 rings (SSSR count). The van der Waals surface area contributed by atoms with Crippen molar-refractivity contribution < 1.29 is 14.4 Å². The molecule has 13 heavy (non-hydrogen) atoms. The van der Waals surface area contributed by atoms with Crippen molar-refractivity contribution in [3.63, 3.8) is 0 Å². The number of quaternary nitrogens is 1. The van der Waals surface area contributed by atoms with Gasteiger partial charge in [0, 0.05) is 0 Å². The maximum atomic E-state index is 9.69. The Hall–Kier alpha value is -1.30. The third-order valence-corrected chi connectivity index (χ3v) is 0.430. The molecule has 0 radical (unpaired) electrons. The average molecular weight is 191 g/mol. The Balaban J connectivity index is 0. The summed E-state index contributed by atoms with van der Waals surface area (Å²) in [6, 6.07) is 0. The van der Waals surface area contributed by atoms with Crippen molar-refractivity contribution >= 4 is 11.9 Å². The van der Waals surface area contributed by atoms with Gasteiger partial charge in [-0.3, -0.25) is 10.2 Å². The van der Waals surface area contributed by atoms with Gasteiger partial charge in [0.1, 0.15) is 6.54 Å². The number of carboxylic acid groups (broad SMARTS) is 1. The Labute approximate surface area is 78.4 Å². The highest BCUT2D eigenvalue weighted by Crippen LogP contribution is 1.73. The molecule has 5 N–H and O–H groups in total. The largest absolute Gasteiger partial charge is 0.480 e. The van der Waals surface area contributed by atoms with Crippen LogP contribution in [0.4, 0.5) is 0 Å². The molecule has 0 saturated heterocycles. The fourth-order valence-corrected chi connectivity index (χ4v) is 0.171. The molecule has 0 bridgehead atoms. The van der Waals surface area contributed by atoms with Gasteiger partial charge in [-0.1, -0.05) is 0 Å². The number of hydrogen-bond acceptors (Lipinski definition) is 2. The van der Waals surface area contributed by atoms with Crippen LogP contribution in [-0.4, -0.2) is 56.3 Å². The van der Waals surface area contributed by atoms with Crippen LogP contribution in [-0.2, 0) is 4.79 Å². The summed E-state index contributed by atoms with van der Waals surface area (Å²) in [5.74, 6) is -1.35. The summed E-state index contributed by atoms with van der Waals surface area (Å²) in [7, 11) is 8.50. The fraction of sp³-hybridized carbons (Fsp3) is 0.714. The van der Waals surface area contributed by atoms with Gasteiger partial charge in [-0.2, -0.15) is 0 Å². The summed E-state index contributed by atoms with van der Waals surface area (Å²) in [4.78, 5) is 9.69. The summed E-state index contributed by atoms with van der Waals surface area (Å²) in [6.07, 6.45) is 0. The van der Waals surface area contributed by atoms with Crippen molar-refractivity contribution in [1.29, 1.82) is 5.41 Å². The first kappa shape index (κ1) is 14.2. The van der Waals surface area contributed by atoms with Crippen LogP contribution in [0.15, 0.2) is 0 Å². The molecule has 0 heterocycles. The number of rotatable bonds is 2. The van der Waals surface area contributed by atoms with Crippen molar-refractivity contribution in [3.05, 3.63) is 0 Å². The van der Waals surface area contributed by atoms with Crippen LogP contribution in [0.2, 0.25) is 0 Å². The molecule has 78 valence electrons. The molecule has 0 atom stereocenters. The number of nitrogens with two attached hydrogens (primary N) is 1. The van der Waals surface area contributed by atoms with E-state index in [-0.39, 0.29) is 12.5 Å². The molecule has 0 aromatic carbocycles. The van der Waals surface area contributed by atoms with Crippen LogP contribution < -0.4 is 11.1 Å². The van der Waals surface area contributed by atoms with E-state index in [1.165, 1.54) is 0 Å². The minimum absolute atomic E-state index is 0.296. The average Bonchev–Trinajstić information content (AvgIpc) is 1.79. The highest BCUT2D eigenvalue weighted by molar-refractivity contribution is 5.79. The number of carbonyl (C=O) groups is 1. The van der Waals surface area contributed by atoms with E-state index in [4.69, 9.17) is 16.2 Å². The second kappa shape index (κ2) is 6.24. The van der Waals surface area contributed by atoms with Crippen molar-refractivity contribution in [2.24, 2.45) is 5.73 Å². The lowest BCUT2D eigenvalue weighted by Gasteiger charge is -2.14. The zero-order valence-corrected chi connectivity index (χ0v) is 8.59. The number of aliphatic carboxylic acids is 1. The Morgan fingerprint density at radius 1 is 1.46 bits per heavy atom. The molecule has 6 heteroatoms. The van der Waals surface area contributed by atoms with Crippen molar-refractivity contribution in [3.8, 4) is 0 Å². The topological polar surface area (TPSA) is 99.2 Å². The van der Waals surface area contributed by atoms with Crippen LogP contribution in [0.3, 0.4) is 0 Å². The van der Waals surface area contributed by atoms with Gasteiger partial charge in [0.05, 0.1) is 28.2 Å². The first-order chi connectivity index (χ1) is 5.63.